The third-order valence-corrected chi connectivity index (χ3v) is 3.93. The van der Waals surface area contributed by atoms with Crippen LogP contribution in [-0.2, 0) is 13.0 Å². The Bertz CT molecular complexity index is 496. The highest BCUT2D eigenvalue weighted by Crippen LogP contribution is 2.18. The molecule has 20 heavy (non-hydrogen) atoms. The molecule has 2 aromatic rings. The van der Waals surface area contributed by atoms with Crippen molar-refractivity contribution in [1.82, 2.24) is 24.6 Å². The van der Waals surface area contributed by atoms with Gasteiger partial charge in [0.1, 0.15) is 12.7 Å². The molecule has 0 spiro atoms. The lowest BCUT2D eigenvalue weighted by atomic mass is 9.98. The third kappa shape index (κ3) is 3.63. The molecular formula is C15H21N5. The first-order chi connectivity index (χ1) is 9.90. The smallest absolute Gasteiger partial charge is 0.137 e. The molecule has 0 unspecified atom stereocenters. The summed E-state index contributed by atoms with van der Waals surface area (Å²) in [7, 11) is 0. The summed E-state index contributed by atoms with van der Waals surface area (Å²) in [5.74, 6) is 0.689. The van der Waals surface area contributed by atoms with Gasteiger partial charge in [-0.1, -0.05) is 6.07 Å². The topological polar surface area (TPSA) is 46.8 Å². The van der Waals surface area contributed by atoms with E-state index in [1.807, 2.05) is 23.3 Å². The summed E-state index contributed by atoms with van der Waals surface area (Å²) < 4.78 is 1.95. The van der Waals surface area contributed by atoms with Crippen molar-refractivity contribution in [2.24, 2.45) is 5.92 Å². The Morgan fingerprint density at radius 1 is 1.30 bits per heavy atom. The van der Waals surface area contributed by atoms with E-state index in [1.165, 1.54) is 25.1 Å². The molecule has 1 fully saturated rings. The van der Waals surface area contributed by atoms with Crippen molar-refractivity contribution in [1.29, 1.82) is 0 Å². The van der Waals surface area contributed by atoms with E-state index < -0.39 is 0 Å². The molecule has 0 N–H and O–H groups in total. The van der Waals surface area contributed by atoms with Crippen LogP contribution in [0.2, 0.25) is 0 Å². The fourth-order valence-corrected chi connectivity index (χ4v) is 2.91. The summed E-state index contributed by atoms with van der Waals surface area (Å²) in [6.07, 6.45) is 8.91. The standard InChI is InChI=1S/C15H21N5/c1-2-7-17-15(5-1)6-9-19-8-3-4-14(10-19)11-20-13-16-12-18-20/h1-2,5,7,12-14H,3-4,6,8-11H2/t14-/m1/s1. The molecule has 1 aliphatic heterocycles. The summed E-state index contributed by atoms with van der Waals surface area (Å²) in [6.45, 7) is 4.46. The summed E-state index contributed by atoms with van der Waals surface area (Å²) >= 11 is 0. The van der Waals surface area contributed by atoms with Crippen molar-refractivity contribution in [2.75, 3.05) is 19.6 Å². The molecule has 2 aromatic heterocycles. The average Bonchev–Trinajstić information content (AvgIpc) is 3.00. The third-order valence-electron chi connectivity index (χ3n) is 3.93. The van der Waals surface area contributed by atoms with Gasteiger partial charge in [0.15, 0.2) is 0 Å². The predicted molar refractivity (Wildman–Crippen MR) is 77.1 cm³/mol. The second-order valence-electron chi connectivity index (χ2n) is 5.50. The van der Waals surface area contributed by atoms with E-state index in [1.54, 1.807) is 6.33 Å². The number of hydrogen-bond acceptors (Lipinski definition) is 4. The molecule has 1 saturated heterocycles. The van der Waals surface area contributed by atoms with Gasteiger partial charge in [-0.15, -0.1) is 0 Å². The molecule has 3 rings (SSSR count). The molecule has 3 heterocycles. The van der Waals surface area contributed by atoms with Crippen LogP contribution < -0.4 is 0 Å². The van der Waals surface area contributed by atoms with Gasteiger partial charge in [-0.05, 0) is 37.4 Å². The predicted octanol–water partition coefficient (Wildman–Crippen LogP) is 1.63. The van der Waals surface area contributed by atoms with Gasteiger partial charge < -0.3 is 4.90 Å². The lowest BCUT2D eigenvalue weighted by Gasteiger charge is -2.32. The van der Waals surface area contributed by atoms with E-state index in [-0.39, 0.29) is 0 Å². The van der Waals surface area contributed by atoms with Crippen LogP contribution in [0, 0.1) is 5.92 Å². The molecule has 0 bridgehead atoms. The van der Waals surface area contributed by atoms with Crippen LogP contribution in [0.3, 0.4) is 0 Å². The van der Waals surface area contributed by atoms with E-state index in [4.69, 9.17) is 0 Å². The number of piperidine rings is 1. The summed E-state index contributed by atoms with van der Waals surface area (Å²) in [6, 6.07) is 6.14. The molecule has 106 valence electrons. The van der Waals surface area contributed by atoms with Crippen molar-refractivity contribution in [3.63, 3.8) is 0 Å². The van der Waals surface area contributed by atoms with Crippen LogP contribution in [0.1, 0.15) is 18.5 Å². The second-order valence-corrected chi connectivity index (χ2v) is 5.50. The Labute approximate surface area is 119 Å². The monoisotopic (exact) mass is 271 g/mol. The normalized spacial score (nSPS) is 20.1. The number of hydrogen-bond donors (Lipinski definition) is 0. The van der Waals surface area contributed by atoms with Gasteiger partial charge in [0.2, 0.25) is 0 Å². The molecule has 0 amide bonds. The second kappa shape index (κ2) is 6.61. The molecule has 5 heteroatoms. The Hall–Kier alpha value is -1.75. The SMILES string of the molecule is c1ccc(CCN2CCC[C@@H](Cn3cncn3)C2)nc1. The van der Waals surface area contributed by atoms with Crippen LogP contribution in [0.25, 0.3) is 0 Å². The van der Waals surface area contributed by atoms with Crippen molar-refractivity contribution in [3.05, 3.63) is 42.7 Å². The van der Waals surface area contributed by atoms with Gasteiger partial charge in [-0.3, -0.25) is 9.67 Å². The zero-order chi connectivity index (χ0) is 13.6. The molecule has 0 aromatic carbocycles. The molecule has 0 saturated carbocycles. The first-order valence-corrected chi connectivity index (χ1v) is 7.35. The Morgan fingerprint density at radius 3 is 3.10 bits per heavy atom. The molecule has 0 radical (unpaired) electrons. The largest absolute Gasteiger partial charge is 0.303 e. The summed E-state index contributed by atoms with van der Waals surface area (Å²) in [5.41, 5.74) is 1.19. The zero-order valence-electron chi connectivity index (χ0n) is 11.7. The van der Waals surface area contributed by atoms with Gasteiger partial charge in [0.05, 0.1) is 0 Å². The number of nitrogens with zero attached hydrogens (tertiary/aromatic N) is 5. The van der Waals surface area contributed by atoms with Gasteiger partial charge in [0, 0.05) is 37.9 Å². The Balaban J connectivity index is 1.48. The fourth-order valence-electron chi connectivity index (χ4n) is 2.91. The van der Waals surface area contributed by atoms with Crippen LogP contribution in [0.15, 0.2) is 37.1 Å². The van der Waals surface area contributed by atoms with E-state index in [0.717, 1.165) is 26.1 Å². The van der Waals surface area contributed by atoms with Gasteiger partial charge >= 0.3 is 0 Å². The lowest BCUT2D eigenvalue weighted by Crippen LogP contribution is -2.38. The molecule has 0 aliphatic carbocycles. The molecular weight excluding hydrogens is 250 g/mol. The zero-order valence-corrected chi connectivity index (χ0v) is 11.7. The summed E-state index contributed by atoms with van der Waals surface area (Å²) in [4.78, 5) is 11.0. The van der Waals surface area contributed by atoms with E-state index >= 15 is 0 Å². The quantitative estimate of drug-likeness (QED) is 0.829. The van der Waals surface area contributed by atoms with Crippen LogP contribution in [0.4, 0.5) is 0 Å². The lowest BCUT2D eigenvalue weighted by molar-refractivity contribution is 0.161. The maximum atomic E-state index is 4.39. The molecule has 5 nitrogen and oxygen atoms in total. The highest BCUT2D eigenvalue weighted by atomic mass is 15.3. The first kappa shape index (κ1) is 13.2. The minimum Gasteiger partial charge on any atom is -0.303 e. The number of aromatic nitrogens is 4. The summed E-state index contributed by atoms with van der Waals surface area (Å²) in [5, 5.41) is 4.21. The number of pyridine rings is 1. The van der Waals surface area contributed by atoms with E-state index in [2.05, 4.69) is 32.1 Å². The highest BCUT2D eigenvalue weighted by Gasteiger charge is 2.20. The van der Waals surface area contributed by atoms with Crippen molar-refractivity contribution >= 4 is 0 Å². The van der Waals surface area contributed by atoms with Crippen molar-refractivity contribution < 1.29 is 0 Å². The average molecular weight is 271 g/mol. The fraction of sp³-hybridized carbons (Fsp3) is 0.533. The number of rotatable bonds is 5. The first-order valence-electron chi connectivity index (χ1n) is 7.35. The highest BCUT2D eigenvalue weighted by molar-refractivity contribution is 5.03. The Morgan fingerprint density at radius 2 is 2.30 bits per heavy atom. The van der Waals surface area contributed by atoms with Crippen LogP contribution in [0.5, 0.6) is 0 Å². The van der Waals surface area contributed by atoms with E-state index in [0.29, 0.717) is 5.92 Å². The maximum Gasteiger partial charge on any atom is 0.137 e. The van der Waals surface area contributed by atoms with Crippen LogP contribution in [-0.4, -0.2) is 44.3 Å². The molecule has 1 atom stereocenters. The van der Waals surface area contributed by atoms with Crippen LogP contribution >= 0.6 is 0 Å². The van der Waals surface area contributed by atoms with E-state index in [9.17, 15) is 0 Å². The van der Waals surface area contributed by atoms with Gasteiger partial charge in [0.25, 0.3) is 0 Å². The maximum absolute atomic E-state index is 4.39. The van der Waals surface area contributed by atoms with Crippen molar-refractivity contribution in [3.8, 4) is 0 Å². The van der Waals surface area contributed by atoms with Crippen molar-refractivity contribution in [2.45, 2.75) is 25.8 Å². The minimum absolute atomic E-state index is 0.689. The Kier molecular flexibility index (Phi) is 4.38. The van der Waals surface area contributed by atoms with Gasteiger partial charge in [-0.2, -0.15) is 5.10 Å². The van der Waals surface area contributed by atoms with Gasteiger partial charge in [-0.25, -0.2) is 4.98 Å². The minimum atomic E-state index is 0.689. The number of likely N-dealkylation sites (tertiary alicyclic amines) is 1. The molecule has 1 aliphatic rings.